The normalized spacial score (nSPS) is 14.3. The zero-order valence-corrected chi connectivity index (χ0v) is 12.5. The molecular weight excluding hydrogens is 253 g/mol. The molecule has 0 spiro atoms. The molecule has 3 nitrogen and oxygen atoms in total. The van der Waals surface area contributed by atoms with Gasteiger partial charge in [0.25, 0.3) is 0 Å². The molecule has 0 saturated carbocycles. The van der Waals surface area contributed by atoms with E-state index in [-0.39, 0.29) is 17.9 Å². The van der Waals surface area contributed by atoms with Crippen molar-refractivity contribution in [1.82, 2.24) is 4.90 Å². The quantitative estimate of drug-likeness (QED) is 0.833. The van der Waals surface area contributed by atoms with E-state index in [9.17, 15) is 4.39 Å². The molecule has 0 amide bonds. The third-order valence-electron chi connectivity index (χ3n) is 3.19. The lowest BCUT2D eigenvalue weighted by molar-refractivity contribution is 0.160. The van der Waals surface area contributed by atoms with Crippen LogP contribution in [0.5, 0.6) is 0 Å². The molecule has 0 heterocycles. The number of nitriles is 1. The molecule has 0 fully saturated rings. The van der Waals surface area contributed by atoms with Gasteiger partial charge in [-0.05, 0) is 30.5 Å². The number of nitrogens with zero attached hydrogens (tertiary/aromatic N) is 2. The summed E-state index contributed by atoms with van der Waals surface area (Å²) >= 11 is 0. The van der Waals surface area contributed by atoms with Crippen molar-refractivity contribution in [2.75, 3.05) is 13.1 Å². The molecule has 2 N–H and O–H groups in total. The van der Waals surface area contributed by atoms with Crippen molar-refractivity contribution in [3.8, 4) is 6.07 Å². The molecular formula is C16H24FN3. The van der Waals surface area contributed by atoms with Gasteiger partial charge in [-0.2, -0.15) is 5.26 Å². The molecule has 2 unspecified atom stereocenters. The lowest BCUT2D eigenvalue weighted by Gasteiger charge is -2.35. The van der Waals surface area contributed by atoms with Crippen LogP contribution < -0.4 is 5.73 Å². The molecule has 0 aliphatic rings. The lowest BCUT2D eigenvalue weighted by Crippen LogP contribution is -2.41. The van der Waals surface area contributed by atoms with Crippen LogP contribution >= 0.6 is 0 Å². The Morgan fingerprint density at radius 2 is 2.05 bits per heavy atom. The highest BCUT2D eigenvalue weighted by molar-refractivity contribution is 5.21. The van der Waals surface area contributed by atoms with Gasteiger partial charge in [-0.3, -0.25) is 4.90 Å². The first kappa shape index (κ1) is 16.6. The van der Waals surface area contributed by atoms with E-state index in [1.165, 1.54) is 12.1 Å². The number of rotatable bonds is 7. The Morgan fingerprint density at radius 1 is 1.35 bits per heavy atom. The number of benzene rings is 1. The molecule has 0 saturated heterocycles. The third kappa shape index (κ3) is 4.92. The minimum Gasteiger partial charge on any atom is -0.326 e. The predicted molar refractivity (Wildman–Crippen MR) is 79.4 cm³/mol. The van der Waals surface area contributed by atoms with Crippen molar-refractivity contribution in [3.63, 3.8) is 0 Å². The van der Waals surface area contributed by atoms with Crippen molar-refractivity contribution in [1.29, 1.82) is 5.26 Å². The molecule has 1 aromatic carbocycles. The molecule has 0 radical (unpaired) electrons. The van der Waals surface area contributed by atoms with Gasteiger partial charge in [-0.25, -0.2) is 4.39 Å². The Balaban J connectivity index is 3.03. The predicted octanol–water partition coefficient (Wildman–Crippen LogP) is 3.09. The van der Waals surface area contributed by atoms with Crippen molar-refractivity contribution < 1.29 is 4.39 Å². The summed E-state index contributed by atoms with van der Waals surface area (Å²) < 4.78 is 13.5. The molecule has 0 aliphatic carbocycles. The van der Waals surface area contributed by atoms with Crippen LogP contribution in [0.25, 0.3) is 0 Å². The van der Waals surface area contributed by atoms with Gasteiger partial charge in [0.15, 0.2) is 0 Å². The Morgan fingerprint density at radius 3 is 2.55 bits per heavy atom. The zero-order valence-electron chi connectivity index (χ0n) is 12.5. The fourth-order valence-corrected chi connectivity index (χ4v) is 2.54. The van der Waals surface area contributed by atoms with Crippen LogP contribution in [0, 0.1) is 23.1 Å². The van der Waals surface area contributed by atoms with E-state index < -0.39 is 0 Å². The second-order valence-electron chi connectivity index (χ2n) is 5.66. The van der Waals surface area contributed by atoms with Crippen LogP contribution in [0.15, 0.2) is 24.3 Å². The van der Waals surface area contributed by atoms with E-state index in [2.05, 4.69) is 24.8 Å². The summed E-state index contributed by atoms with van der Waals surface area (Å²) in [6, 6.07) is 8.55. The molecule has 2 atom stereocenters. The van der Waals surface area contributed by atoms with Crippen LogP contribution in [0.1, 0.15) is 38.8 Å². The van der Waals surface area contributed by atoms with Crippen molar-refractivity contribution >= 4 is 0 Å². The largest absolute Gasteiger partial charge is 0.326 e. The number of hydrogen-bond donors (Lipinski definition) is 1. The topological polar surface area (TPSA) is 53.0 Å². The fraction of sp³-hybridized carbons (Fsp3) is 0.562. The summed E-state index contributed by atoms with van der Waals surface area (Å²) in [5.41, 5.74) is 6.99. The summed E-state index contributed by atoms with van der Waals surface area (Å²) in [5.74, 6) is 0.210. The maximum atomic E-state index is 13.5. The monoisotopic (exact) mass is 277 g/mol. The Labute approximate surface area is 121 Å². The van der Waals surface area contributed by atoms with E-state index in [1.54, 1.807) is 6.07 Å². The first-order valence-corrected chi connectivity index (χ1v) is 7.07. The number of halogens is 1. The first-order chi connectivity index (χ1) is 9.45. The fourth-order valence-electron chi connectivity index (χ4n) is 2.54. The standard InChI is InChI=1S/C16H24FN3/c1-12(2)11-20(9-5-8-18)16(13(3)19)14-6-4-7-15(17)10-14/h4,6-7,10,12-13,16H,5,9,11,19H2,1-3H3. The maximum absolute atomic E-state index is 13.5. The molecule has 0 bridgehead atoms. The molecule has 4 heteroatoms. The van der Waals surface area contributed by atoms with Gasteiger partial charge in [0, 0.05) is 31.6 Å². The van der Waals surface area contributed by atoms with Gasteiger partial charge in [-0.1, -0.05) is 26.0 Å². The van der Waals surface area contributed by atoms with E-state index in [4.69, 9.17) is 11.0 Å². The Kier molecular flexibility index (Phi) is 6.63. The van der Waals surface area contributed by atoms with Crippen molar-refractivity contribution in [3.05, 3.63) is 35.6 Å². The SMILES string of the molecule is CC(C)CN(CCC#N)C(c1cccc(F)c1)C(C)N. The second kappa shape index (κ2) is 7.98. The first-order valence-electron chi connectivity index (χ1n) is 7.07. The summed E-state index contributed by atoms with van der Waals surface area (Å²) in [5, 5.41) is 8.82. The summed E-state index contributed by atoms with van der Waals surface area (Å²) in [6.45, 7) is 7.67. The maximum Gasteiger partial charge on any atom is 0.123 e. The Bertz CT molecular complexity index is 451. The lowest BCUT2D eigenvalue weighted by atomic mass is 9.97. The van der Waals surface area contributed by atoms with Crippen LogP contribution in [0.3, 0.4) is 0 Å². The summed E-state index contributed by atoms with van der Waals surface area (Å²) in [7, 11) is 0. The van der Waals surface area contributed by atoms with E-state index >= 15 is 0 Å². The minimum absolute atomic E-state index is 0.0681. The van der Waals surface area contributed by atoms with Crippen molar-refractivity contribution in [2.24, 2.45) is 11.7 Å². The van der Waals surface area contributed by atoms with Gasteiger partial charge < -0.3 is 5.73 Å². The number of nitrogens with two attached hydrogens (primary N) is 1. The van der Waals surface area contributed by atoms with E-state index in [0.29, 0.717) is 18.9 Å². The summed E-state index contributed by atoms with van der Waals surface area (Å²) in [4.78, 5) is 2.19. The third-order valence-corrected chi connectivity index (χ3v) is 3.19. The van der Waals surface area contributed by atoms with Gasteiger partial charge >= 0.3 is 0 Å². The highest BCUT2D eigenvalue weighted by Gasteiger charge is 2.24. The Hall–Kier alpha value is -1.44. The molecule has 0 aliphatic heterocycles. The van der Waals surface area contributed by atoms with Gasteiger partial charge in [-0.15, -0.1) is 0 Å². The van der Waals surface area contributed by atoms with Crippen LogP contribution in [0.4, 0.5) is 4.39 Å². The van der Waals surface area contributed by atoms with Gasteiger partial charge in [0.1, 0.15) is 5.82 Å². The highest BCUT2D eigenvalue weighted by atomic mass is 19.1. The molecule has 1 rings (SSSR count). The van der Waals surface area contributed by atoms with E-state index in [0.717, 1.165) is 12.1 Å². The molecule has 1 aromatic rings. The average Bonchev–Trinajstić information content (AvgIpc) is 2.35. The minimum atomic E-state index is -0.252. The second-order valence-corrected chi connectivity index (χ2v) is 5.66. The van der Waals surface area contributed by atoms with E-state index in [1.807, 2.05) is 13.0 Å². The van der Waals surface area contributed by atoms with Crippen LogP contribution in [0.2, 0.25) is 0 Å². The molecule has 20 heavy (non-hydrogen) atoms. The van der Waals surface area contributed by atoms with Crippen LogP contribution in [-0.4, -0.2) is 24.0 Å². The number of hydrogen-bond acceptors (Lipinski definition) is 3. The molecule has 110 valence electrons. The highest BCUT2D eigenvalue weighted by Crippen LogP contribution is 2.25. The van der Waals surface area contributed by atoms with Crippen LogP contribution in [-0.2, 0) is 0 Å². The zero-order chi connectivity index (χ0) is 15.1. The molecule has 0 aromatic heterocycles. The van der Waals surface area contributed by atoms with Gasteiger partial charge in [0.2, 0.25) is 0 Å². The summed E-state index contributed by atoms with van der Waals surface area (Å²) in [6.07, 6.45) is 0.450. The van der Waals surface area contributed by atoms with Gasteiger partial charge in [0.05, 0.1) is 6.07 Å². The van der Waals surface area contributed by atoms with Crippen molar-refractivity contribution in [2.45, 2.75) is 39.3 Å². The smallest absolute Gasteiger partial charge is 0.123 e. The average molecular weight is 277 g/mol.